The largest absolute Gasteiger partial charge is 0.508 e. The number of hydrogen-bond acceptors (Lipinski definition) is 3. The van der Waals surface area contributed by atoms with Crippen molar-refractivity contribution in [1.29, 1.82) is 0 Å². The zero-order chi connectivity index (χ0) is 9.84. The summed E-state index contributed by atoms with van der Waals surface area (Å²) in [7, 11) is 0. The predicted molar refractivity (Wildman–Crippen MR) is 47.5 cm³/mol. The highest BCUT2D eigenvalue weighted by Crippen LogP contribution is 2.24. The van der Waals surface area contributed by atoms with Crippen LogP contribution in [0.4, 0.5) is 0 Å². The van der Waals surface area contributed by atoms with Gasteiger partial charge in [-0.1, -0.05) is 18.2 Å². The first kappa shape index (κ1) is 9.54. The van der Waals surface area contributed by atoms with Gasteiger partial charge in [0.25, 0.3) is 0 Å². The molecule has 0 radical (unpaired) electrons. The Bertz CT molecular complexity index is 311. The summed E-state index contributed by atoms with van der Waals surface area (Å²) in [6, 6.07) is 6.30. The summed E-state index contributed by atoms with van der Waals surface area (Å²) >= 11 is 0. The number of benzene rings is 1. The van der Waals surface area contributed by atoms with Crippen molar-refractivity contribution in [3.63, 3.8) is 0 Å². The minimum atomic E-state index is -1.02. The molecule has 0 saturated heterocycles. The van der Waals surface area contributed by atoms with Crippen molar-refractivity contribution in [2.45, 2.75) is 5.92 Å². The molecule has 1 aromatic carbocycles. The molecule has 0 amide bonds. The van der Waals surface area contributed by atoms with Crippen molar-refractivity contribution in [2.24, 2.45) is 5.73 Å². The maximum atomic E-state index is 10.7. The molecular formula is C9H11NO3. The van der Waals surface area contributed by atoms with Crippen LogP contribution in [0.1, 0.15) is 11.5 Å². The van der Waals surface area contributed by atoms with Gasteiger partial charge in [-0.3, -0.25) is 4.79 Å². The van der Waals surface area contributed by atoms with Gasteiger partial charge in [-0.05, 0) is 6.07 Å². The SMILES string of the molecule is NC[C@H](C(=O)O)c1ccccc1O. The fourth-order valence-corrected chi connectivity index (χ4v) is 1.14. The van der Waals surface area contributed by atoms with E-state index in [1.165, 1.54) is 6.07 Å². The van der Waals surface area contributed by atoms with Gasteiger partial charge in [0.1, 0.15) is 5.75 Å². The molecule has 0 saturated carbocycles. The van der Waals surface area contributed by atoms with E-state index in [2.05, 4.69) is 0 Å². The normalized spacial score (nSPS) is 12.4. The van der Waals surface area contributed by atoms with E-state index in [4.69, 9.17) is 10.8 Å². The van der Waals surface area contributed by atoms with Crippen LogP contribution in [-0.2, 0) is 4.79 Å². The van der Waals surface area contributed by atoms with Crippen LogP contribution in [0.3, 0.4) is 0 Å². The van der Waals surface area contributed by atoms with Gasteiger partial charge in [0, 0.05) is 12.1 Å². The van der Waals surface area contributed by atoms with Crippen molar-refractivity contribution in [2.75, 3.05) is 6.54 Å². The molecule has 1 atom stereocenters. The molecule has 4 N–H and O–H groups in total. The first-order chi connectivity index (χ1) is 6.16. The Balaban J connectivity index is 3.04. The number of carboxylic acids is 1. The molecule has 1 aromatic rings. The molecular weight excluding hydrogens is 170 g/mol. The summed E-state index contributed by atoms with van der Waals surface area (Å²) in [5, 5.41) is 18.1. The number of phenolic OH excluding ortho intramolecular Hbond substituents is 1. The molecule has 0 fully saturated rings. The Labute approximate surface area is 75.6 Å². The van der Waals surface area contributed by atoms with Crippen LogP contribution in [0.5, 0.6) is 5.75 Å². The number of carbonyl (C=O) groups is 1. The quantitative estimate of drug-likeness (QED) is 0.634. The van der Waals surface area contributed by atoms with Gasteiger partial charge in [-0.15, -0.1) is 0 Å². The number of aromatic hydroxyl groups is 1. The predicted octanol–water partition coefficient (Wildman–Crippen LogP) is 0.519. The van der Waals surface area contributed by atoms with Crippen molar-refractivity contribution in [1.82, 2.24) is 0 Å². The van der Waals surface area contributed by atoms with Gasteiger partial charge in [-0.2, -0.15) is 0 Å². The third-order valence-electron chi connectivity index (χ3n) is 1.85. The minimum absolute atomic E-state index is 0.0209. The summed E-state index contributed by atoms with van der Waals surface area (Å²) in [4.78, 5) is 10.7. The third kappa shape index (κ3) is 1.97. The van der Waals surface area contributed by atoms with E-state index < -0.39 is 11.9 Å². The highest BCUT2D eigenvalue weighted by Gasteiger charge is 2.20. The number of aliphatic carboxylic acids is 1. The second-order valence-corrected chi connectivity index (χ2v) is 2.69. The number of rotatable bonds is 3. The molecule has 0 aromatic heterocycles. The van der Waals surface area contributed by atoms with E-state index >= 15 is 0 Å². The summed E-state index contributed by atoms with van der Waals surface area (Å²) < 4.78 is 0. The van der Waals surface area contributed by atoms with Gasteiger partial charge in [0.05, 0.1) is 5.92 Å². The monoisotopic (exact) mass is 181 g/mol. The summed E-state index contributed by atoms with van der Waals surface area (Å²) in [5.74, 6) is -1.88. The molecule has 0 aliphatic heterocycles. The molecule has 4 heteroatoms. The fraction of sp³-hybridized carbons (Fsp3) is 0.222. The van der Waals surface area contributed by atoms with Crippen LogP contribution in [-0.4, -0.2) is 22.7 Å². The van der Waals surface area contributed by atoms with Gasteiger partial charge in [0.15, 0.2) is 0 Å². The average molecular weight is 181 g/mol. The van der Waals surface area contributed by atoms with Crippen LogP contribution >= 0.6 is 0 Å². The zero-order valence-corrected chi connectivity index (χ0v) is 6.97. The summed E-state index contributed by atoms with van der Waals surface area (Å²) in [6.45, 7) is -0.0209. The molecule has 0 spiro atoms. The van der Waals surface area contributed by atoms with E-state index in [9.17, 15) is 9.90 Å². The number of para-hydroxylation sites is 1. The maximum Gasteiger partial charge on any atom is 0.312 e. The number of carboxylic acid groups (broad SMARTS) is 1. The lowest BCUT2D eigenvalue weighted by Crippen LogP contribution is -2.21. The first-order valence-corrected chi connectivity index (χ1v) is 3.87. The van der Waals surface area contributed by atoms with E-state index in [0.717, 1.165) is 0 Å². The fourth-order valence-electron chi connectivity index (χ4n) is 1.14. The number of phenols is 1. The number of nitrogens with two attached hydrogens (primary N) is 1. The number of hydrogen-bond donors (Lipinski definition) is 3. The van der Waals surface area contributed by atoms with Crippen molar-refractivity contribution in [3.05, 3.63) is 29.8 Å². The van der Waals surface area contributed by atoms with Crippen LogP contribution in [0.15, 0.2) is 24.3 Å². The summed E-state index contributed by atoms with van der Waals surface area (Å²) in [6.07, 6.45) is 0. The van der Waals surface area contributed by atoms with Gasteiger partial charge in [-0.25, -0.2) is 0 Å². The van der Waals surface area contributed by atoms with Crippen LogP contribution < -0.4 is 5.73 Å². The smallest absolute Gasteiger partial charge is 0.312 e. The molecule has 0 aliphatic carbocycles. The van der Waals surface area contributed by atoms with Crippen molar-refractivity contribution < 1.29 is 15.0 Å². The topological polar surface area (TPSA) is 83.6 Å². The summed E-state index contributed by atoms with van der Waals surface area (Å²) in [5.41, 5.74) is 5.64. The Kier molecular flexibility index (Phi) is 2.87. The minimum Gasteiger partial charge on any atom is -0.508 e. The molecule has 0 heterocycles. The Morgan fingerprint density at radius 1 is 1.46 bits per heavy atom. The maximum absolute atomic E-state index is 10.7. The average Bonchev–Trinajstić information content (AvgIpc) is 2.09. The van der Waals surface area contributed by atoms with Gasteiger partial charge in [0.2, 0.25) is 0 Å². The first-order valence-electron chi connectivity index (χ1n) is 3.87. The molecule has 0 aliphatic rings. The van der Waals surface area contributed by atoms with E-state index in [0.29, 0.717) is 5.56 Å². The molecule has 13 heavy (non-hydrogen) atoms. The molecule has 70 valence electrons. The second kappa shape index (κ2) is 3.91. The Hall–Kier alpha value is -1.55. The highest BCUT2D eigenvalue weighted by atomic mass is 16.4. The zero-order valence-electron chi connectivity index (χ0n) is 6.97. The van der Waals surface area contributed by atoms with Gasteiger partial charge >= 0.3 is 5.97 Å². The van der Waals surface area contributed by atoms with E-state index in [-0.39, 0.29) is 12.3 Å². The molecule has 1 rings (SSSR count). The highest BCUT2D eigenvalue weighted by molar-refractivity contribution is 5.77. The van der Waals surface area contributed by atoms with Crippen molar-refractivity contribution >= 4 is 5.97 Å². The van der Waals surface area contributed by atoms with Crippen LogP contribution in [0.25, 0.3) is 0 Å². The second-order valence-electron chi connectivity index (χ2n) is 2.69. The van der Waals surface area contributed by atoms with Crippen molar-refractivity contribution in [3.8, 4) is 5.75 Å². The van der Waals surface area contributed by atoms with E-state index in [1.807, 2.05) is 0 Å². The lowest BCUT2D eigenvalue weighted by Gasteiger charge is -2.10. The van der Waals surface area contributed by atoms with Crippen LogP contribution in [0.2, 0.25) is 0 Å². The molecule has 0 unspecified atom stereocenters. The third-order valence-corrected chi connectivity index (χ3v) is 1.85. The molecule has 4 nitrogen and oxygen atoms in total. The lowest BCUT2D eigenvalue weighted by molar-refractivity contribution is -0.138. The molecule has 0 bridgehead atoms. The Morgan fingerprint density at radius 3 is 2.54 bits per heavy atom. The van der Waals surface area contributed by atoms with E-state index in [1.54, 1.807) is 18.2 Å². The van der Waals surface area contributed by atoms with Gasteiger partial charge < -0.3 is 15.9 Å². The standard InChI is InChI=1S/C9H11NO3/c10-5-7(9(12)13)6-3-1-2-4-8(6)11/h1-4,7,11H,5,10H2,(H,12,13)/t7-/m0/s1. The Morgan fingerprint density at radius 2 is 2.08 bits per heavy atom. The lowest BCUT2D eigenvalue weighted by atomic mass is 9.99. The van der Waals surface area contributed by atoms with Crippen LogP contribution in [0, 0.1) is 0 Å².